The van der Waals surface area contributed by atoms with Crippen molar-refractivity contribution in [1.29, 1.82) is 0 Å². The number of nitrogen functional groups attached to an aromatic ring is 1. The van der Waals surface area contributed by atoms with Crippen LogP contribution in [-0.2, 0) is 11.3 Å². The molecule has 0 radical (unpaired) electrons. The first-order valence-corrected chi connectivity index (χ1v) is 7.07. The van der Waals surface area contributed by atoms with Crippen molar-refractivity contribution < 1.29 is 9.53 Å². The Morgan fingerprint density at radius 1 is 1.44 bits per heavy atom. The minimum Gasteiger partial charge on any atom is -0.456 e. The highest BCUT2D eigenvalue weighted by molar-refractivity contribution is 9.10. The van der Waals surface area contributed by atoms with Gasteiger partial charge in [-0.25, -0.2) is 4.79 Å². The highest BCUT2D eigenvalue weighted by atomic mass is 79.9. The molecule has 2 rings (SSSR count). The highest BCUT2D eigenvalue weighted by Crippen LogP contribution is 2.24. The number of hydrogen-bond donors (Lipinski definition) is 1. The molecule has 0 aliphatic heterocycles. The number of hydrogen-bond acceptors (Lipinski definition) is 4. The number of benzene rings is 1. The smallest absolute Gasteiger partial charge is 0.340 e. The molecule has 2 aromatic rings. The number of rotatable bonds is 3. The lowest BCUT2D eigenvalue weighted by molar-refractivity contribution is 0.0477. The largest absolute Gasteiger partial charge is 0.456 e. The van der Waals surface area contributed by atoms with Crippen LogP contribution in [0.3, 0.4) is 0 Å². The normalized spacial score (nSPS) is 10.3. The summed E-state index contributed by atoms with van der Waals surface area (Å²) in [6.07, 6.45) is 0. The summed E-state index contributed by atoms with van der Waals surface area (Å²) in [6, 6.07) is 6.60. The predicted molar refractivity (Wildman–Crippen MR) is 77.0 cm³/mol. The minimum absolute atomic E-state index is 0.221. The number of anilines is 1. The molecular weight excluding hydrogens is 338 g/mol. The molecule has 0 spiro atoms. The minimum atomic E-state index is -0.454. The van der Waals surface area contributed by atoms with E-state index in [2.05, 4.69) is 15.9 Å². The molecule has 0 atom stereocenters. The van der Waals surface area contributed by atoms with Gasteiger partial charge in [-0.05, 0) is 45.6 Å². The molecule has 6 heteroatoms. The standard InChI is InChI=1S/C12H9BrClNO2S/c13-9-3-4-18-11(9)6-17-12(16)8-2-1-7(14)5-10(8)15/h1-5H,6,15H2. The molecule has 0 fully saturated rings. The number of halogens is 2. The van der Waals surface area contributed by atoms with Crippen molar-refractivity contribution in [3.05, 3.63) is 49.6 Å². The highest BCUT2D eigenvalue weighted by Gasteiger charge is 2.12. The van der Waals surface area contributed by atoms with Gasteiger partial charge in [-0.1, -0.05) is 11.6 Å². The number of thiophene rings is 1. The topological polar surface area (TPSA) is 52.3 Å². The van der Waals surface area contributed by atoms with Crippen molar-refractivity contribution >= 4 is 50.5 Å². The summed E-state index contributed by atoms with van der Waals surface area (Å²) >= 11 is 10.7. The molecule has 0 saturated heterocycles. The van der Waals surface area contributed by atoms with Crippen LogP contribution in [0.15, 0.2) is 34.1 Å². The van der Waals surface area contributed by atoms with Crippen LogP contribution in [0.5, 0.6) is 0 Å². The molecule has 1 aromatic heterocycles. The zero-order valence-electron chi connectivity index (χ0n) is 9.15. The first kappa shape index (κ1) is 13.4. The molecule has 94 valence electrons. The quantitative estimate of drug-likeness (QED) is 0.672. The van der Waals surface area contributed by atoms with Gasteiger partial charge in [-0.3, -0.25) is 0 Å². The Morgan fingerprint density at radius 3 is 2.83 bits per heavy atom. The van der Waals surface area contributed by atoms with E-state index >= 15 is 0 Å². The van der Waals surface area contributed by atoms with Crippen LogP contribution >= 0.6 is 38.9 Å². The molecule has 18 heavy (non-hydrogen) atoms. The van der Waals surface area contributed by atoms with Gasteiger partial charge >= 0.3 is 5.97 Å². The van der Waals surface area contributed by atoms with E-state index in [0.29, 0.717) is 16.3 Å². The fraction of sp³-hybridized carbons (Fsp3) is 0.0833. The van der Waals surface area contributed by atoms with E-state index in [1.807, 2.05) is 11.4 Å². The fourth-order valence-electron chi connectivity index (χ4n) is 1.36. The molecule has 1 heterocycles. The molecule has 3 nitrogen and oxygen atoms in total. The van der Waals surface area contributed by atoms with E-state index in [-0.39, 0.29) is 6.61 Å². The second-order valence-corrected chi connectivity index (χ2v) is 5.79. The Hall–Kier alpha value is -1.04. The third kappa shape index (κ3) is 3.04. The number of carbonyl (C=O) groups excluding carboxylic acids is 1. The van der Waals surface area contributed by atoms with Crippen LogP contribution in [-0.4, -0.2) is 5.97 Å². The van der Waals surface area contributed by atoms with Crippen molar-refractivity contribution in [1.82, 2.24) is 0 Å². The maximum atomic E-state index is 11.8. The molecule has 0 amide bonds. The molecular formula is C12H9BrClNO2S. The average molecular weight is 347 g/mol. The van der Waals surface area contributed by atoms with Crippen molar-refractivity contribution in [2.24, 2.45) is 0 Å². The Kier molecular flexibility index (Phi) is 4.27. The van der Waals surface area contributed by atoms with Crippen molar-refractivity contribution in [2.45, 2.75) is 6.61 Å². The molecule has 0 unspecified atom stereocenters. The summed E-state index contributed by atoms with van der Waals surface area (Å²) in [6.45, 7) is 0.221. The molecule has 0 aliphatic rings. The summed E-state index contributed by atoms with van der Waals surface area (Å²) in [5.74, 6) is -0.454. The van der Waals surface area contributed by atoms with E-state index in [4.69, 9.17) is 22.1 Å². The zero-order chi connectivity index (χ0) is 13.1. The maximum absolute atomic E-state index is 11.8. The number of ether oxygens (including phenoxy) is 1. The van der Waals surface area contributed by atoms with Crippen LogP contribution in [0, 0.1) is 0 Å². The van der Waals surface area contributed by atoms with Crippen molar-refractivity contribution in [3.63, 3.8) is 0 Å². The fourth-order valence-corrected chi connectivity index (χ4v) is 2.91. The molecule has 1 aromatic carbocycles. The zero-order valence-corrected chi connectivity index (χ0v) is 12.3. The van der Waals surface area contributed by atoms with E-state index in [9.17, 15) is 4.79 Å². The van der Waals surface area contributed by atoms with Gasteiger partial charge in [0.25, 0.3) is 0 Å². The molecule has 0 saturated carbocycles. The summed E-state index contributed by atoms with van der Waals surface area (Å²) in [4.78, 5) is 12.8. The third-order valence-corrected chi connectivity index (χ3v) is 4.39. The lowest BCUT2D eigenvalue weighted by Gasteiger charge is -2.06. The molecule has 0 bridgehead atoms. The maximum Gasteiger partial charge on any atom is 0.340 e. The Labute approximate surface area is 122 Å². The van der Waals surface area contributed by atoms with Gasteiger partial charge in [0, 0.05) is 15.2 Å². The Bertz CT molecular complexity index is 585. The monoisotopic (exact) mass is 345 g/mol. The van der Waals surface area contributed by atoms with Crippen molar-refractivity contribution in [2.75, 3.05) is 5.73 Å². The van der Waals surface area contributed by atoms with Crippen molar-refractivity contribution in [3.8, 4) is 0 Å². The van der Waals surface area contributed by atoms with E-state index in [0.717, 1.165) is 9.35 Å². The predicted octanol–water partition coefficient (Wildman–Crippen LogP) is 4.10. The van der Waals surface area contributed by atoms with Gasteiger partial charge in [-0.2, -0.15) is 0 Å². The van der Waals surface area contributed by atoms with E-state index < -0.39 is 5.97 Å². The average Bonchev–Trinajstić information content (AvgIpc) is 2.72. The van der Waals surface area contributed by atoms with E-state index in [1.165, 1.54) is 17.4 Å². The third-order valence-electron chi connectivity index (χ3n) is 2.26. The van der Waals surface area contributed by atoms with Crippen LogP contribution in [0.25, 0.3) is 0 Å². The second-order valence-electron chi connectivity index (χ2n) is 3.50. The lowest BCUT2D eigenvalue weighted by atomic mass is 10.2. The van der Waals surface area contributed by atoms with Gasteiger partial charge in [0.15, 0.2) is 0 Å². The Balaban J connectivity index is 2.06. The second kappa shape index (κ2) is 5.73. The molecule has 0 aliphatic carbocycles. The summed E-state index contributed by atoms with van der Waals surface area (Å²) < 4.78 is 6.13. The van der Waals surface area contributed by atoms with Crippen LogP contribution < -0.4 is 5.73 Å². The number of nitrogens with two attached hydrogens (primary N) is 1. The lowest BCUT2D eigenvalue weighted by Crippen LogP contribution is -2.07. The summed E-state index contributed by atoms with van der Waals surface area (Å²) in [5, 5.41) is 2.41. The SMILES string of the molecule is Nc1cc(Cl)ccc1C(=O)OCc1sccc1Br. The van der Waals surface area contributed by atoms with Crippen LogP contribution in [0.4, 0.5) is 5.69 Å². The summed E-state index contributed by atoms with van der Waals surface area (Å²) in [7, 11) is 0. The van der Waals surface area contributed by atoms with Gasteiger partial charge in [0.05, 0.1) is 10.4 Å². The number of esters is 1. The van der Waals surface area contributed by atoms with E-state index in [1.54, 1.807) is 12.1 Å². The first-order chi connectivity index (χ1) is 8.58. The van der Waals surface area contributed by atoms with Gasteiger partial charge in [-0.15, -0.1) is 11.3 Å². The first-order valence-electron chi connectivity index (χ1n) is 5.02. The van der Waals surface area contributed by atoms with Crippen LogP contribution in [0.1, 0.15) is 15.2 Å². The van der Waals surface area contributed by atoms with Crippen LogP contribution in [0.2, 0.25) is 5.02 Å². The van der Waals surface area contributed by atoms with Gasteiger partial charge in [0.1, 0.15) is 6.61 Å². The van der Waals surface area contributed by atoms with Gasteiger partial charge < -0.3 is 10.5 Å². The molecule has 2 N–H and O–H groups in total. The summed E-state index contributed by atoms with van der Waals surface area (Å²) in [5.41, 5.74) is 6.35. The Morgan fingerprint density at radius 2 is 2.22 bits per heavy atom. The van der Waals surface area contributed by atoms with Gasteiger partial charge in [0.2, 0.25) is 0 Å². The number of carbonyl (C=O) groups is 1.